The Morgan fingerprint density at radius 3 is 2.44 bits per heavy atom. The summed E-state index contributed by atoms with van der Waals surface area (Å²) in [5, 5.41) is 0. The van der Waals surface area contributed by atoms with Crippen LogP contribution >= 0.6 is 12.2 Å². The van der Waals surface area contributed by atoms with Gasteiger partial charge in [0.15, 0.2) is 0 Å². The molecule has 0 fully saturated rings. The Morgan fingerprint density at radius 1 is 1.31 bits per heavy atom. The van der Waals surface area contributed by atoms with Gasteiger partial charge in [0.1, 0.15) is 5.75 Å². The topological polar surface area (TPSA) is 35.2 Å². The predicted octanol–water partition coefficient (Wildman–Crippen LogP) is 3.26. The maximum atomic E-state index is 5.58. The number of nitrogens with two attached hydrogens (primary N) is 1. The summed E-state index contributed by atoms with van der Waals surface area (Å²) in [6.45, 7) is 5.02. The molecule has 3 heteroatoms. The largest absolute Gasteiger partial charge is 0.494 e. The first-order valence-corrected chi connectivity index (χ1v) is 6.01. The van der Waals surface area contributed by atoms with Crippen LogP contribution in [-0.4, -0.2) is 11.6 Å². The number of rotatable bonds is 6. The summed E-state index contributed by atoms with van der Waals surface area (Å²) < 4.78 is 5.58. The molecule has 0 aliphatic heterocycles. The minimum Gasteiger partial charge on any atom is -0.494 e. The van der Waals surface area contributed by atoms with E-state index >= 15 is 0 Å². The monoisotopic (exact) mass is 237 g/mol. The number of benzene rings is 1. The fraction of sp³-hybridized carbons (Fsp3) is 0.462. The fourth-order valence-corrected chi connectivity index (χ4v) is 1.53. The smallest absolute Gasteiger partial charge is 0.119 e. The molecule has 2 nitrogen and oxygen atoms in total. The molecule has 0 aliphatic rings. The van der Waals surface area contributed by atoms with E-state index in [-0.39, 0.29) is 0 Å². The van der Waals surface area contributed by atoms with Crippen molar-refractivity contribution in [2.45, 2.75) is 32.6 Å². The minimum atomic E-state index is 0.554. The van der Waals surface area contributed by atoms with Gasteiger partial charge in [0.2, 0.25) is 0 Å². The molecule has 2 N–H and O–H groups in total. The van der Waals surface area contributed by atoms with Crippen molar-refractivity contribution in [2.75, 3.05) is 6.61 Å². The van der Waals surface area contributed by atoms with E-state index in [0.717, 1.165) is 18.6 Å². The van der Waals surface area contributed by atoms with Crippen molar-refractivity contribution in [3.8, 4) is 5.75 Å². The van der Waals surface area contributed by atoms with Crippen LogP contribution < -0.4 is 10.5 Å². The third kappa shape index (κ3) is 4.62. The molecule has 1 aromatic carbocycles. The van der Waals surface area contributed by atoms with Gasteiger partial charge < -0.3 is 10.5 Å². The highest BCUT2D eigenvalue weighted by Gasteiger charge is 1.99. The second-order valence-corrected chi connectivity index (χ2v) is 4.67. The van der Waals surface area contributed by atoms with Gasteiger partial charge in [-0.1, -0.05) is 38.2 Å². The van der Waals surface area contributed by atoms with Crippen LogP contribution in [0.25, 0.3) is 0 Å². The first kappa shape index (κ1) is 13.0. The first-order chi connectivity index (χ1) is 7.59. The molecule has 0 spiro atoms. The van der Waals surface area contributed by atoms with E-state index in [2.05, 4.69) is 26.0 Å². The fourth-order valence-electron chi connectivity index (χ4n) is 1.39. The summed E-state index contributed by atoms with van der Waals surface area (Å²) in [6, 6.07) is 8.23. The summed E-state index contributed by atoms with van der Waals surface area (Å²) in [5.41, 5.74) is 6.73. The molecule has 88 valence electrons. The number of hydrogen-bond donors (Lipinski definition) is 1. The van der Waals surface area contributed by atoms with Crippen molar-refractivity contribution in [1.82, 2.24) is 0 Å². The normalized spacial score (nSPS) is 10.4. The summed E-state index contributed by atoms with van der Waals surface area (Å²) in [4.78, 5) is 0.554. The van der Waals surface area contributed by atoms with Gasteiger partial charge in [-0.15, -0.1) is 0 Å². The van der Waals surface area contributed by atoms with Crippen LogP contribution in [0.5, 0.6) is 5.75 Å². The van der Waals surface area contributed by atoms with Gasteiger partial charge in [-0.2, -0.15) is 0 Å². The van der Waals surface area contributed by atoms with E-state index in [1.165, 1.54) is 5.56 Å². The zero-order valence-electron chi connectivity index (χ0n) is 9.90. The van der Waals surface area contributed by atoms with Crippen LogP contribution in [0, 0.1) is 0 Å². The molecule has 0 bridgehead atoms. The minimum absolute atomic E-state index is 0.554. The maximum Gasteiger partial charge on any atom is 0.119 e. The Balaban J connectivity index is 2.35. The van der Waals surface area contributed by atoms with Crippen LogP contribution in [0.4, 0.5) is 0 Å². The van der Waals surface area contributed by atoms with E-state index in [1.54, 1.807) is 0 Å². The zero-order chi connectivity index (χ0) is 12.0. The molecule has 1 rings (SSSR count). The van der Waals surface area contributed by atoms with Crippen molar-refractivity contribution in [2.24, 2.45) is 5.73 Å². The Kier molecular flexibility index (Phi) is 5.26. The van der Waals surface area contributed by atoms with Crippen LogP contribution in [0.1, 0.15) is 38.2 Å². The van der Waals surface area contributed by atoms with E-state index < -0.39 is 0 Å². The summed E-state index contributed by atoms with van der Waals surface area (Å²) in [5.74, 6) is 1.47. The van der Waals surface area contributed by atoms with Crippen molar-refractivity contribution >= 4 is 17.2 Å². The lowest BCUT2D eigenvalue weighted by atomic mass is 10.0. The van der Waals surface area contributed by atoms with E-state index in [1.807, 2.05) is 12.1 Å². The second kappa shape index (κ2) is 6.48. The molecule has 0 saturated carbocycles. The van der Waals surface area contributed by atoms with Crippen molar-refractivity contribution < 1.29 is 4.74 Å². The van der Waals surface area contributed by atoms with Gasteiger partial charge in [-0.25, -0.2) is 0 Å². The molecule has 0 aliphatic carbocycles. The Hall–Kier alpha value is -1.09. The standard InChI is InChI=1S/C13H19NOS/c1-10(2)11-5-7-12(8-6-11)15-9-3-4-13(14)16/h5-8,10H,3-4,9H2,1-2H3,(H2,14,16). The third-order valence-corrected chi connectivity index (χ3v) is 2.59. The van der Waals surface area contributed by atoms with Gasteiger partial charge in [-0.05, 0) is 30.0 Å². The SMILES string of the molecule is CC(C)c1ccc(OCCCC(N)=S)cc1. The summed E-state index contributed by atoms with van der Waals surface area (Å²) >= 11 is 4.79. The predicted molar refractivity (Wildman–Crippen MR) is 72.0 cm³/mol. The van der Waals surface area contributed by atoms with Crippen LogP contribution in [-0.2, 0) is 0 Å². The molecule has 0 aromatic heterocycles. The van der Waals surface area contributed by atoms with Gasteiger partial charge >= 0.3 is 0 Å². The molecule has 1 aromatic rings. The maximum absolute atomic E-state index is 5.58. The van der Waals surface area contributed by atoms with Crippen LogP contribution in [0.2, 0.25) is 0 Å². The number of hydrogen-bond acceptors (Lipinski definition) is 2. The lowest BCUT2D eigenvalue weighted by Gasteiger charge is -2.08. The number of ether oxygens (including phenoxy) is 1. The second-order valence-electron chi connectivity index (χ2n) is 4.14. The molecule has 0 amide bonds. The van der Waals surface area contributed by atoms with Crippen LogP contribution in [0.15, 0.2) is 24.3 Å². The lowest BCUT2D eigenvalue weighted by molar-refractivity contribution is 0.313. The Morgan fingerprint density at radius 2 is 1.94 bits per heavy atom. The van der Waals surface area contributed by atoms with Crippen molar-refractivity contribution in [3.63, 3.8) is 0 Å². The highest BCUT2D eigenvalue weighted by atomic mass is 32.1. The highest BCUT2D eigenvalue weighted by molar-refractivity contribution is 7.80. The molecule has 0 unspecified atom stereocenters. The quantitative estimate of drug-likeness (QED) is 0.609. The van der Waals surface area contributed by atoms with Gasteiger partial charge in [0.05, 0.1) is 11.6 Å². The summed E-state index contributed by atoms with van der Waals surface area (Å²) in [7, 11) is 0. The average molecular weight is 237 g/mol. The van der Waals surface area contributed by atoms with Crippen molar-refractivity contribution in [1.29, 1.82) is 0 Å². The molecular formula is C13H19NOS. The molecule has 0 saturated heterocycles. The molecule has 0 heterocycles. The molecule has 16 heavy (non-hydrogen) atoms. The first-order valence-electron chi connectivity index (χ1n) is 5.60. The molecule has 0 atom stereocenters. The van der Waals surface area contributed by atoms with Crippen molar-refractivity contribution in [3.05, 3.63) is 29.8 Å². The number of thiocarbonyl (C=S) groups is 1. The third-order valence-electron chi connectivity index (χ3n) is 2.38. The Labute approximate surface area is 103 Å². The zero-order valence-corrected chi connectivity index (χ0v) is 10.7. The highest BCUT2D eigenvalue weighted by Crippen LogP contribution is 2.18. The van der Waals surface area contributed by atoms with Gasteiger partial charge in [-0.3, -0.25) is 0 Å². The van der Waals surface area contributed by atoms with Crippen LogP contribution in [0.3, 0.4) is 0 Å². The van der Waals surface area contributed by atoms with Gasteiger partial charge in [0, 0.05) is 6.42 Å². The van der Waals surface area contributed by atoms with E-state index in [0.29, 0.717) is 17.5 Å². The summed E-state index contributed by atoms with van der Waals surface area (Å²) in [6.07, 6.45) is 1.63. The van der Waals surface area contributed by atoms with E-state index in [4.69, 9.17) is 22.7 Å². The van der Waals surface area contributed by atoms with E-state index in [9.17, 15) is 0 Å². The lowest BCUT2D eigenvalue weighted by Crippen LogP contribution is -2.09. The Bertz CT molecular complexity index is 332. The van der Waals surface area contributed by atoms with Gasteiger partial charge in [0.25, 0.3) is 0 Å². The molecular weight excluding hydrogens is 218 g/mol. The molecule has 0 radical (unpaired) electrons. The average Bonchev–Trinajstić information content (AvgIpc) is 2.25.